The first-order valence-corrected chi connectivity index (χ1v) is 7.01. The van der Waals surface area contributed by atoms with Crippen LogP contribution in [0.3, 0.4) is 0 Å². The Morgan fingerprint density at radius 3 is 2.72 bits per heavy atom. The average Bonchev–Trinajstić information content (AvgIpc) is 2.32. The zero-order chi connectivity index (χ0) is 13.0. The Hall–Kier alpha value is -0.940. The molecular formula is C13H17BrN2O2. The molecule has 98 valence electrons. The fraction of sp³-hybridized carbons (Fsp3) is 0.538. The van der Waals surface area contributed by atoms with Crippen LogP contribution in [0.4, 0.5) is 5.69 Å². The van der Waals surface area contributed by atoms with E-state index in [1.165, 1.54) is 0 Å². The highest BCUT2D eigenvalue weighted by atomic mass is 79.9. The largest absolute Gasteiger partial charge is 0.389 e. The Bertz CT molecular complexity index is 414. The summed E-state index contributed by atoms with van der Waals surface area (Å²) in [6.07, 6.45) is 6.36. The number of amides is 1. The summed E-state index contributed by atoms with van der Waals surface area (Å²) in [4.78, 5) is 15.9. The number of pyridine rings is 1. The van der Waals surface area contributed by atoms with Gasteiger partial charge in [0.1, 0.15) is 4.60 Å². The molecule has 0 atom stereocenters. The van der Waals surface area contributed by atoms with Gasteiger partial charge in [-0.3, -0.25) is 4.79 Å². The molecule has 1 aromatic heterocycles. The van der Waals surface area contributed by atoms with Crippen LogP contribution in [0.15, 0.2) is 22.9 Å². The van der Waals surface area contributed by atoms with Crippen molar-refractivity contribution >= 4 is 27.5 Å². The average molecular weight is 313 g/mol. The molecule has 0 radical (unpaired) electrons. The number of nitrogens with one attached hydrogen (secondary N) is 1. The second-order valence-corrected chi connectivity index (χ2v) is 5.69. The van der Waals surface area contributed by atoms with Crippen molar-refractivity contribution < 1.29 is 9.90 Å². The van der Waals surface area contributed by atoms with Crippen molar-refractivity contribution in [3.63, 3.8) is 0 Å². The van der Waals surface area contributed by atoms with E-state index in [-0.39, 0.29) is 12.3 Å². The zero-order valence-electron chi connectivity index (χ0n) is 10.2. The van der Waals surface area contributed by atoms with Crippen molar-refractivity contribution in [1.29, 1.82) is 0 Å². The van der Waals surface area contributed by atoms with Gasteiger partial charge in [-0.25, -0.2) is 4.98 Å². The van der Waals surface area contributed by atoms with Gasteiger partial charge >= 0.3 is 0 Å². The second kappa shape index (κ2) is 5.80. The number of hydrogen-bond donors (Lipinski definition) is 2. The maximum absolute atomic E-state index is 11.9. The lowest BCUT2D eigenvalue weighted by Crippen LogP contribution is -2.35. The second-order valence-electron chi connectivity index (χ2n) is 4.88. The molecule has 18 heavy (non-hydrogen) atoms. The van der Waals surface area contributed by atoms with Crippen molar-refractivity contribution in [2.24, 2.45) is 0 Å². The number of anilines is 1. The van der Waals surface area contributed by atoms with Gasteiger partial charge in [-0.2, -0.15) is 0 Å². The Morgan fingerprint density at radius 1 is 1.39 bits per heavy atom. The molecule has 2 N–H and O–H groups in total. The van der Waals surface area contributed by atoms with Crippen molar-refractivity contribution in [2.45, 2.75) is 44.1 Å². The van der Waals surface area contributed by atoms with E-state index in [1.54, 1.807) is 18.3 Å². The molecule has 0 spiro atoms. The summed E-state index contributed by atoms with van der Waals surface area (Å²) in [5.74, 6) is -0.150. The van der Waals surface area contributed by atoms with Gasteiger partial charge in [0.15, 0.2) is 0 Å². The highest BCUT2D eigenvalue weighted by Gasteiger charge is 2.31. The van der Waals surface area contributed by atoms with Gasteiger partial charge in [-0.15, -0.1) is 0 Å². The van der Waals surface area contributed by atoms with E-state index in [9.17, 15) is 9.90 Å². The lowest BCUT2D eigenvalue weighted by Gasteiger charge is -2.31. The van der Waals surface area contributed by atoms with Gasteiger partial charge < -0.3 is 10.4 Å². The molecule has 2 rings (SSSR count). The first kappa shape index (κ1) is 13.5. The molecule has 1 heterocycles. The predicted octanol–water partition coefficient (Wildman–Crippen LogP) is 2.87. The monoisotopic (exact) mass is 312 g/mol. The van der Waals surface area contributed by atoms with Crippen LogP contribution in [0, 0.1) is 0 Å². The molecule has 5 heteroatoms. The Labute approximate surface area is 115 Å². The minimum atomic E-state index is -0.814. The van der Waals surface area contributed by atoms with Gasteiger partial charge in [-0.05, 0) is 40.9 Å². The molecule has 0 saturated heterocycles. The maximum atomic E-state index is 11.9. The highest BCUT2D eigenvalue weighted by Crippen LogP contribution is 2.31. The lowest BCUT2D eigenvalue weighted by atomic mass is 9.82. The van der Waals surface area contributed by atoms with E-state index in [0.717, 1.165) is 36.7 Å². The van der Waals surface area contributed by atoms with Crippen molar-refractivity contribution in [3.8, 4) is 0 Å². The van der Waals surface area contributed by atoms with Crippen LogP contribution in [0.2, 0.25) is 0 Å². The minimum Gasteiger partial charge on any atom is -0.389 e. The Morgan fingerprint density at radius 2 is 2.11 bits per heavy atom. The first-order valence-electron chi connectivity index (χ1n) is 6.21. The third-order valence-electron chi connectivity index (χ3n) is 3.29. The van der Waals surface area contributed by atoms with Gasteiger partial charge in [0.2, 0.25) is 5.91 Å². The third-order valence-corrected chi connectivity index (χ3v) is 3.75. The molecule has 1 aliphatic rings. The van der Waals surface area contributed by atoms with Crippen LogP contribution in [0.5, 0.6) is 0 Å². The van der Waals surface area contributed by atoms with Crippen LogP contribution < -0.4 is 5.32 Å². The van der Waals surface area contributed by atoms with Crippen molar-refractivity contribution in [2.75, 3.05) is 5.32 Å². The predicted molar refractivity (Wildman–Crippen MR) is 73.2 cm³/mol. The molecule has 0 aromatic carbocycles. The number of halogens is 1. The highest BCUT2D eigenvalue weighted by molar-refractivity contribution is 9.10. The van der Waals surface area contributed by atoms with Gasteiger partial charge in [0.05, 0.1) is 23.9 Å². The molecular weight excluding hydrogens is 296 g/mol. The fourth-order valence-electron chi connectivity index (χ4n) is 2.34. The van der Waals surface area contributed by atoms with Gasteiger partial charge in [-0.1, -0.05) is 19.3 Å². The van der Waals surface area contributed by atoms with E-state index >= 15 is 0 Å². The van der Waals surface area contributed by atoms with Crippen LogP contribution in [-0.2, 0) is 4.79 Å². The van der Waals surface area contributed by atoms with E-state index in [4.69, 9.17) is 0 Å². The van der Waals surface area contributed by atoms with Crippen molar-refractivity contribution in [1.82, 2.24) is 4.98 Å². The van der Waals surface area contributed by atoms with Crippen LogP contribution in [0.1, 0.15) is 38.5 Å². The van der Waals surface area contributed by atoms with E-state index in [0.29, 0.717) is 5.69 Å². The molecule has 4 nitrogen and oxygen atoms in total. The normalized spacial score (nSPS) is 18.3. The zero-order valence-corrected chi connectivity index (χ0v) is 11.7. The third kappa shape index (κ3) is 3.78. The molecule has 1 aliphatic carbocycles. The fourth-order valence-corrected chi connectivity index (χ4v) is 2.58. The van der Waals surface area contributed by atoms with Gasteiger partial charge in [0.25, 0.3) is 0 Å². The molecule has 1 fully saturated rings. The summed E-state index contributed by atoms with van der Waals surface area (Å²) < 4.78 is 0.728. The number of nitrogens with zero attached hydrogens (tertiary/aromatic N) is 1. The smallest absolute Gasteiger partial charge is 0.227 e. The Kier molecular flexibility index (Phi) is 4.35. The van der Waals surface area contributed by atoms with Gasteiger partial charge in [0, 0.05) is 0 Å². The van der Waals surface area contributed by atoms with Crippen LogP contribution >= 0.6 is 15.9 Å². The number of carbonyl (C=O) groups is 1. The number of aliphatic hydroxyl groups is 1. The molecule has 1 saturated carbocycles. The number of aromatic nitrogens is 1. The summed E-state index contributed by atoms with van der Waals surface area (Å²) >= 11 is 3.24. The van der Waals surface area contributed by atoms with Crippen LogP contribution in [0.25, 0.3) is 0 Å². The molecule has 0 unspecified atom stereocenters. The topological polar surface area (TPSA) is 62.2 Å². The minimum absolute atomic E-state index is 0.150. The molecule has 0 bridgehead atoms. The molecule has 1 aromatic rings. The lowest BCUT2D eigenvalue weighted by molar-refractivity contribution is -0.122. The van der Waals surface area contributed by atoms with Crippen molar-refractivity contribution in [3.05, 3.63) is 22.9 Å². The number of rotatable bonds is 3. The maximum Gasteiger partial charge on any atom is 0.227 e. The summed E-state index contributed by atoms with van der Waals surface area (Å²) in [5.41, 5.74) is -0.159. The quantitative estimate of drug-likeness (QED) is 0.844. The first-order chi connectivity index (χ1) is 8.57. The number of hydrogen-bond acceptors (Lipinski definition) is 3. The van der Waals surface area contributed by atoms with E-state index in [1.807, 2.05) is 0 Å². The summed E-state index contributed by atoms with van der Waals surface area (Å²) in [6, 6.07) is 3.55. The summed E-state index contributed by atoms with van der Waals surface area (Å²) in [7, 11) is 0. The Balaban J connectivity index is 1.90. The van der Waals surface area contributed by atoms with E-state index in [2.05, 4.69) is 26.2 Å². The van der Waals surface area contributed by atoms with Crippen LogP contribution in [-0.4, -0.2) is 21.6 Å². The SMILES string of the molecule is O=C(CC1(O)CCCCC1)Nc1ccc(Br)nc1. The summed E-state index contributed by atoms with van der Waals surface area (Å²) in [5, 5.41) is 13.0. The molecule has 1 amide bonds. The standard InChI is InChI=1S/C13H17BrN2O2/c14-11-5-4-10(9-15-11)16-12(17)8-13(18)6-2-1-3-7-13/h4-5,9,18H,1-3,6-8H2,(H,16,17). The van der Waals surface area contributed by atoms with E-state index < -0.39 is 5.60 Å². The number of carbonyl (C=O) groups excluding carboxylic acids is 1. The molecule has 0 aliphatic heterocycles. The summed E-state index contributed by atoms with van der Waals surface area (Å²) in [6.45, 7) is 0.